The summed E-state index contributed by atoms with van der Waals surface area (Å²) < 4.78 is 0. The summed E-state index contributed by atoms with van der Waals surface area (Å²) in [5.41, 5.74) is 0.0532. The molecule has 0 amide bonds. The Morgan fingerprint density at radius 2 is 1.88 bits per heavy atom. The number of hydrogen-bond donors (Lipinski definition) is 2. The predicted molar refractivity (Wildman–Crippen MR) is 72.0 cm³/mol. The van der Waals surface area contributed by atoms with Gasteiger partial charge in [-0.2, -0.15) is 0 Å². The standard InChI is InChI=1S/C12H28N4/c1-7-13-11(15-12(3,4)5)14-9-10-16(6)8-2/h7-10H2,1-6H3,(H2,13,14,15). The fourth-order valence-electron chi connectivity index (χ4n) is 1.15. The Morgan fingerprint density at radius 1 is 1.25 bits per heavy atom. The van der Waals surface area contributed by atoms with E-state index >= 15 is 0 Å². The van der Waals surface area contributed by atoms with E-state index in [1.54, 1.807) is 0 Å². The Hall–Kier alpha value is -0.770. The van der Waals surface area contributed by atoms with Crippen LogP contribution >= 0.6 is 0 Å². The van der Waals surface area contributed by atoms with Crippen LogP contribution in [0.2, 0.25) is 0 Å². The van der Waals surface area contributed by atoms with Crippen molar-refractivity contribution in [3.63, 3.8) is 0 Å². The largest absolute Gasteiger partial charge is 0.357 e. The lowest BCUT2D eigenvalue weighted by molar-refractivity contribution is 0.362. The van der Waals surface area contributed by atoms with Crippen LogP contribution in [0.1, 0.15) is 34.6 Å². The molecule has 0 aromatic carbocycles. The third-order valence-electron chi connectivity index (χ3n) is 2.13. The van der Waals surface area contributed by atoms with E-state index < -0.39 is 0 Å². The summed E-state index contributed by atoms with van der Waals surface area (Å²) in [6, 6.07) is 0. The Morgan fingerprint density at radius 3 is 2.31 bits per heavy atom. The monoisotopic (exact) mass is 228 g/mol. The van der Waals surface area contributed by atoms with Crippen LogP contribution in [0.25, 0.3) is 0 Å². The zero-order valence-corrected chi connectivity index (χ0v) is 11.7. The molecule has 0 rings (SSSR count). The fraction of sp³-hybridized carbons (Fsp3) is 0.917. The third-order valence-corrected chi connectivity index (χ3v) is 2.13. The van der Waals surface area contributed by atoms with Gasteiger partial charge >= 0.3 is 0 Å². The first-order chi connectivity index (χ1) is 7.39. The van der Waals surface area contributed by atoms with Gasteiger partial charge in [-0.3, -0.25) is 4.99 Å². The molecule has 0 aliphatic rings. The van der Waals surface area contributed by atoms with Crippen LogP contribution in [-0.4, -0.2) is 49.6 Å². The highest BCUT2D eigenvalue weighted by Crippen LogP contribution is 1.97. The molecule has 0 aliphatic heterocycles. The zero-order valence-electron chi connectivity index (χ0n) is 11.7. The van der Waals surface area contributed by atoms with Crippen molar-refractivity contribution in [1.29, 1.82) is 0 Å². The zero-order chi connectivity index (χ0) is 12.6. The molecule has 0 heterocycles. The number of rotatable bonds is 5. The van der Waals surface area contributed by atoms with Gasteiger partial charge in [0.05, 0.1) is 6.54 Å². The normalized spacial score (nSPS) is 13.1. The summed E-state index contributed by atoms with van der Waals surface area (Å²) in [5.74, 6) is 0.902. The number of guanidine groups is 1. The lowest BCUT2D eigenvalue weighted by atomic mass is 10.1. The second kappa shape index (κ2) is 7.49. The maximum atomic E-state index is 4.54. The molecule has 0 aromatic heterocycles. The van der Waals surface area contributed by atoms with Gasteiger partial charge in [0, 0.05) is 18.6 Å². The van der Waals surface area contributed by atoms with E-state index in [2.05, 4.69) is 62.2 Å². The number of aliphatic imine (C=N–C) groups is 1. The van der Waals surface area contributed by atoms with Gasteiger partial charge < -0.3 is 15.5 Å². The Bertz CT molecular complexity index is 206. The molecular weight excluding hydrogens is 200 g/mol. The molecule has 16 heavy (non-hydrogen) atoms. The number of likely N-dealkylation sites (N-methyl/N-ethyl adjacent to an activating group) is 1. The summed E-state index contributed by atoms with van der Waals surface area (Å²) in [4.78, 5) is 6.79. The molecule has 0 fully saturated rings. The summed E-state index contributed by atoms with van der Waals surface area (Å²) in [6.45, 7) is 14.4. The van der Waals surface area contributed by atoms with E-state index in [4.69, 9.17) is 0 Å². The van der Waals surface area contributed by atoms with E-state index in [-0.39, 0.29) is 5.54 Å². The number of nitrogens with zero attached hydrogens (tertiary/aromatic N) is 2. The van der Waals surface area contributed by atoms with Gasteiger partial charge in [-0.25, -0.2) is 0 Å². The topological polar surface area (TPSA) is 39.7 Å². The number of nitrogens with one attached hydrogen (secondary N) is 2. The summed E-state index contributed by atoms with van der Waals surface area (Å²) in [6.07, 6.45) is 0. The molecule has 96 valence electrons. The summed E-state index contributed by atoms with van der Waals surface area (Å²) in [7, 11) is 2.11. The van der Waals surface area contributed by atoms with E-state index in [1.807, 2.05) is 0 Å². The second-order valence-electron chi connectivity index (χ2n) is 5.03. The molecule has 0 radical (unpaired) electrons. The lowest BCUT2D eigenvalue weighted by Gasteiger charge is -2.24. The maximum Gasteiger partial charge on any atom is 0.191 e. The van der Waals surface area contributed by atoms with E-state index in [0.29, 0.717) is 0 Å². The van der Waals surface area contributed by atoms with Crippen molar-refractivity contribution in [2.45, 2.75) is 40.2 Å². The molecule has 4 heteroatoms. The van der Waals surface area contributed by atoms with Crippen molar-refractivity contribution in [2.24, 2.45) is 4.99 Å². The highest BCUT2D eigenvalue weighted by atomic mass is 15.2. The maximum absolute atomic E-state index is 4.54. The Labute approximate surface area is 101 Å². The Balaban J connectivity index is 4.14. The Kier molecular flexibility index (Phi) is 7.13. The molecule has 0 atom stereocenters. The van der Waals surface area contributed by atoms with Gasteiger partial charge in [0.25, 0.3) is 0 Å². The van der Waals surface area contributed by atoms with Gasteiger partial charge in [-0.1, -0.05) is 6.92 Å². The molecule has 0 unspecified atom stereocenters. The second-order valence-corrected chi connectivity index (χ2v) is 5.03. The average molecular weight is 228 g/mol. The molecule has 0 saturated carbocycles. The van der Waals surface area contributed by atoms with Gasteiger partial charge in [0.15, 0.2) is 5.96 Å². The third kappa shape index (κ3) is 8.53. The van der Waals surface area contributed by atoms with Crippen molar-refractivity contribution in [1.82, 2.24) is 15.5 Å². The molecule has 2 N–H and O–H groups in total. The van der Waals surface area contributed by atoms with Crippen LogP contribution in [0.4, 0.5) is 0 Å². The highest BCUT2D eigenvalue weighted by Gasteiger charge is 2.11. The fourth-order valence-corrected chi connectivity index (χ4v) is 1.15. The molecule has 4 nitrogen and oxygen atoms in total. The van der Waals surface area contributed by atoms with Crippen molar-refractivity contribution < 1.29 is 0 Å². The first-order valence-corrected chi connectivity index (χ1v) is 6.14. The quantitative estimate of drug-likeness (QED) is 0.550. The lowest BCUT2D eigenvalue weighted by Crippen LogP contribution is -2.47. The van der Waals surface area contributed by atoms with Crippen LogP contribution < -0.4 is 10.6 Å². The highest BCUT2D eigenvalue weighted by molar-refractivity contribution is 5.80. The van der Waals surface area contributed by atoms with Crippen molar-refractivity contribution in [3.8, 4) is 0 Å². The first kappa shape index (κ1) is 15.2. The SMILES string of the molecule is CCNC(=NCCN(C)CC)NC(C)(C)C. The molecule has 0 saturated heterocycles. The minimum atomic E-state index is 0.0532. The molecular formula is C12H28N4. The van der Waals surface area contributed by atoms with Crippen LogP contribution in [0.3, 0.4) is 0 Å². The van der Waals surface area contributed by atoms with Crippen LogP contribution in [0.5, 0.6) is 0 Å². The summed E-state index contributed by atoms with van der Waals surface area (Å²) >= 11 is 0. The van der Waals surface area contributed by atoms with Gasteiger partial charge in [0.2, 0.25) is 0 Å². The first-order valence-electron chi connectivity index (χ1n) is 6.14. The van der Waals surface area contributed by atoms with Crippen molar-refractivity contribution in [3.05, 3.63) is 0 Å². The van der Waals surface area contributed by atoms with Crippen molar-refractivity contribution >= 4 is 5.96 Å². The van der Waals surface area contributed by atoms with E-state index in [0.717, 1.165) is 32.1 Å². The van der Waals surface area contributed by atoms with Gasteiger partial charge in [-0.15, -0.1) is 0 Å². The minimum absolute atomic E-state index is 0.0532. The van der Waals surface area contributed by atoms with Crippen molar-refractivity contribution in [2.75, 3.05) is 33.2 Å². The van der Waals surface area contributed by atoms with Crippen LogP contribution in [0.15, 0.2) is 4.99 Å². The molecule has 0 spiro atoms. The summed E-state index contributed by atoms with van der Waals surface area (Å²) in [5, 5.41) is 6.62. The minimum Gasteiger partial charge on any atom is -0.357 e. The van der Waals surface area contributed by atoms with Crippen LogP contribution in [0, 0.1) is 0 Å². The van der Waals surface area contributed by atoms with E-state index in [9.17, 15) is 0 Å². The predicted octanol–water partition coefficient (Wildman–Crippen LogP) is 1.29. The van der Waals surface area contributed by atoms with Gasteiger partial charge in [0.1, 0.15) is 0 Å². The average Bonchev–Trinajstić information content (AvgIpc) is 2.15. The molecule has 0 aliphatic carbocycles. The van der Waals surface area contributed by atoms with E-state index in [1.165, 1.54) is 0 Å². The molecule has 0 aromatic rings. The molecule has 0 bridgehead atoms. The van der Waals surface area contributed by atoms with Gasteiger partial charge in [-0.05, 0) is 41.3 Å². The van der Waals surface area contributed by atoms with Crippen LogP contribution in [-0.2, 0) is 0 Å². The smallest absolute Gasteiger partial charge is 0.191 e. The number of hydrogen-bond acceptors (Lipinski definition) is 2.